The normalized spacial score (nSPS) is 17.4. The van der Waals surface area contributed by atoms with E-state index in [1.54, 1.807) is 24.3 Å². The number of benzene rings is 2. The van der Waals surface area contributed by atoms with Gasteiger partial charge in [-0.15, -0.1) is 0 Å². The maximum atomic E-state index is 12.9. The lowest BCUT2D eigenvalue weighted by molar-refractivity contribution is -0.384. The maximum absolute atomic E-state index is 12.9. The van der Waals surface area contributed by atoms with Crippen LogP contribution < -0.4 is 0 Å². The molecule has 0 aliphatic carbocycles. The molecule has 2 aromatic carbocycles. The van der Waals surface area contributed by atoms with Crippen molar-refractivity contribution in [1.29, 1.82) is 0 Å². The lowest BCUT2D eigenvalue weighted by Crippen LogP contribution is -2.16. The number of carbonyl (C=O) groups excluding carboxylic acids is 2. The zero-order valence-electron chi connectivity index (χ0n) is 16.5. The second-order valence-electron chi connectivity index (χ2n) is 6.51. The first kappa shape index (κ1) is 22.1. The number of nitro benzene ring substituents is 1. The fourth-order valence-electron chi connectivity index (χ4n) is 3.04. The van der Waals surface area contributed by atoms with Gasteiger partial charge in [-0.25, -0.2) is 18.0 Å². The summed E-state index contributed by atoms with van der Waals surface area (Å²) < 4.78 is 36.2. The summed E-state index contributed by atoms with van der Waals surface area (Å²) in [5.74, 6) is -1.76. The smallest absolute Gasteiger partial charge is 0.345 e. The van der Waals surface area contributed by atoms with Gasteiger partial charge in [0.15, 0.2) is 0 Å². The molecule has 1 aliphatic rings. The number of nitro groups is 1. The standard InChI is InChI=1S/C20H18N2O8S/c1-29-19(23)17(20(24)30-2)11-13-5-3-4-6-16(13)18-12-21(18)31(27,28)15-9-7-14(8-10-15)22(25)26/h3-11,18H,12H2,1-2H3. The molecule has 11 heteroatoms. The van der Waals surface area contributed by atoms with E-state index in [-0.39, 0.29) is 22.7 Å². The van der Waals surface area contributed by atoms with Crippen molar-refractivity contribution in [2.75, 3.05) is 20.8 Å². The zero-order valence-corrected chi connectivity index (χ0v) is 17.4. The molecule has 162 valence electrons. The van der Waals surface area contributed by atoms with Crippen LogP contribution in [0.4, 0.5) is 5.69 Å². The number of ether oxygens (including phenoxy) is 2. The molecule has 0 aromatic heterocycles. The van der Waals surface area contributed by atoms with Gasteiger partial charge < -0.3 is 9.47 Å². The van der Waals surface area contributed by atoms with Crippen molar-refractivity contribution >= 4 is 33.7 Å². The summed E-state index contributed by atoms with van der Waals surface area (Å²) in [5.41, 5.74) is 0.496. The summed E-state index contributed by atoms with van der Waals surface area (Å²) in [6, 6.07) is 10.8. The first-order valence-corrected chi connectivity index (χ1v) is 10.4. The third-order valence-electron chi connectivity index (χ3n) is 4.69. The summed E-state index contributed by atoms with van der Waals surface area (Å²) in [7, 11) is -1.63. The number of esters is 2. The Morgan fingerprint density at radius 2 is 1.65 bits per heavy atom. The highest BCUT2D eigenvalue weighted by atomic mass is 32.2. The van der Waals surface area contributed by atoms with Crippen LogP contribution in [-0.2, 0) is 29.1 Å². The Kier molecular flexibility index (Phi) is 6.18. The molecule has 0 radical (unpaired) electrons. The predicted octanol–water partition coefficient (Wildman–Crippen LogP) is 2.07. The molecule has 0 saturated carbocycles. The molecule has 1 aliphatic heterocycles. The van der Waals surface area contributed by atoms with Crippen LogP contribution in [-0.4, -0.2) is 50.3 Å². The van der Waals surface area contributed by atoms with Gasteiger partial charge in [-0.3, -0.25) is 10.1 Å². The number of non-ortho nitro benzene ring substituents is 1. The van der Waals surface area contributed by atoms with E-state index in [0.29, 0.717) is 11.1 Å². The number of hydrogen-bond donors (Lipinski definition) is 0. The van der Waals surface area contributed by atoms with Crippen LogP contribution in [0.25, 0.3) is 6.08 Å². The van der Waals surface area contributed by atoms with Gasteiger partial charge in [-0.05, 0) is 29.3 Å². The third-order valence-corrected chi connectivity index (χ3v) is 6.58. The van der Waals surface area contributed by atoms with Crippen LogP contribution in [0.15, 0.2) is 59.0 Å². The molecule has 2 unspecified atom stereocenters. The third kappa shape index (κ3) is 4.47. The van der Waals surface area contributed by atoms with Gasteiger partial charge in [0.25, 0.3) is 5.69 Å². The van der Waals surface area contributed by atoms with Crippen LogP contribution in [0, 0.1) is 10.1 Å². The maximum Gasteiger partial charge on any atom is 0.345 e. The molecule has 1 fully saturated rings. The number of carbonyl (C=O) groups is 2. The van der Waals surface area contributed by atoms with E-state index in [2.05, 4.69) is 9.47 Å². The number of sulfonamides is 1. The Balaban J connectivity index is 1.93. The van der Waals surface area contributed by atoms with Gasteiger partial charge >= 0.3 is 11.9 Å². The number of nitrogens with zero attached hydrogens (tertiary/aromatic N) is 2. The van der Waals surface area contributed by atoms with Crippen molar-refractivity contribution < 1.29 is 32.4 Å². The Hall–Kier alpha value is -3.57. The van der Waals surface area contributed by atoms with E-state index in [1.165, 1.54) is 22.5 Å². The predicted molar refractivity (Wildman–Crippen MR) is 108 cm³/mol. The Labute approximate surface area is 177 Å². The Bertz CT molecular complexity index is 1150. The molecular weight excluding hydrogens is 428 g/mol. The van der Waals surface area contributed by atoms with Gasteiger partial charge in [-0.1, -0.05) is 24.3 Å². The van der Waals surface area contributed by atoms with Gasteiger partial charge in [0.05, 0.1) is 30.1 Å². The van der Waals surface area contributed by atoms with E-state index in [0.717, 1.165) is 26.4 Å². The fraction of sp³-hybridized carbons (Fsp3) is 0.200. The van der Waals surface area contributed by atoms with Gasteiger partial charge in [-0.2, -0.15) is 4.31 Å². The highest BCUT2D eigenvalue weighted by Gasteiger charge is 2.46. The van der Waals surface area contributed by atoms with Crippen molar-refractivity contribution in [1.82, 2.24) is 4.31 Å². The Morgan fingerprint density at radius 1 is 1.06 bits per heavy atom. The summed E-state index contributed by atoms with van der Waals surface area (Å²) in [4.78, 5) is 34.0. The molecule has 31 heavy (non-hydrogen) atoms. The van der Waals surface area contributed by atoms with E-state index < -0.39 is 32.9 Å². The average molecular weight is 446 g/mol. The summed E-state index contributed by atoms with van der Waals surface area (Å²) in [6.07, 6.45) is 1.29. The van der Waals surface area contributed by atoms with Crippen LogP contribution in [0.2, 0.25) is 0 Å². The lowest BCUT2D eigenvalue weighted by atomic mass is 10.0. The van der Waals surface area contributed by atoms with Crippen molar-refractivity contribution in [3.8, 4) is 0 Å². The monoisotopic (exact) mass is 446 g/mol. The first-order valence-electron chi connectivity index (χ1n) is 8.94. The highest BCUT2D eigenvalue weighted by molar-refractivity contribution is 7.89. The number of rotatable bonds is 7. The minimum atomic E-state index is -3.89. The SMILES string of the molecule is COC(=O)C(=Cc1ccccc1C1CN1S(=O)(=O)c1ccc([N+](=O)[O-])cc1)C(=O)OC. The molecule has 1 heterocycles. The number of hydrogen-bond acceptors (Lipinski definition) is 8. The van der Waals surface area contributed by atoms with Crippen LogP contribution in [0.5, 0.6) is 0 Å². The van der Waals surface area contributed by atoms with E-state index in [4.69, 9.17) is 0 Å². The Morgan fingerprint density at radius 3 is 2.19 bits per heavy atom. The van der Waals surface area contributed by atoms with Crippen LogP contribution in [0.3, 0.4) is 0 Å². The van der Waals surface area contributed by atoms with Crippen molar-refractivity contribution in [3.63, 3.8) is 0 Å². The molecule has 3 rings (SSSR count). The van der Waals surface area contributed by atoms with Crippen molar-refractivity contribution in [2.24, 2.45) is 0 Å². The minimum Gasteiger partial charge on any atom is -0.465 e. The fourth-order valence-corrected chi connectivity index (χ4v) is 4.58. The quantitative estimate of drug-likeness (QED) is 0.120. The highest BCUT2D eigenvalue weighted by Crippen LogP contribution is 2.42. The largest absolute Gasteiger partial charge is 0.465 e. The second-order valence-corrected chi connectivity index (χ2v) is 8.40. The van der Waals surface area contributed by atoms with Crippen LogP contribution >= 0.6 is 0 Å². The molecule has 2 atom stereocenters. The summed E-state index contributed by atoms with van der Waals surface area (Å²) in [5, 5.41) is 10.8. The van der Waals surface area contributed by atoms with Crippen LogP contribution in [0.1, 0.15) is 17.2 Å². The van der Waals surface area contributed by atoms with Gasteiger partial charge in [0.2, 0.25) is 10.0 Å². The molecule has 0 amide bonds. The van der Waals surface area contributed by atoms with Gasteiger partial charge in [0.1, 0.15) is 5.57 Å². The molecule has 2 aromatic rings. The summed E-state index contributed by atoms with van der Waals surface area (Å²) in [6.45, 7) is 0.177. The molecule has 0 N–H and O–H groups in total. The topological polar surface area (TPSA) is 133 Å². The van der Waals surface area contributed by atoms with E-state index in [1.807, 2.05) is 0 Å². The second kappa shape index (κ2) is 8.66. The summed E-state index contributed by atoms with van der Waals surface area (Å²) >= 11 is 0. The van der Waals surface area contributed by atoms with Crippen molar-refractivity contribution in [3.05, 3.63) is 75.3 Å². The minimum absolute atomic E-state index is 0.0709. The van der Waals surface area contributed by atoms with Crippen molar-refractivity contribution in [2.45, 2.75) is 10.9 Å². The molecule has 0 bridgehead atoms. The zero-order chi connectivity index (χ0) is 22.8. The van der Waals surface area contributed by atoms with Gasteiger partial charge in [0, 0.05) is 18.7 Å². The molecule has 0 spiro atoms. The average Bonchev–Trinajstić information content (AvgIpc) is 3.58. The van der Waals surface area contributed by atoms with E-state index in [9.17, 15) is 28.1 Å². The molecule has 1 saturated heterocycles. The lowest BCUT2D eigenvalue weighted by Gasteiger charge is -2.10. The molecule has 10 nitrogen and oxygen atoms in total. The molecular formula is C20H18N2O8S. The van der Waals surface area contributed by atoms with E-state index >= 15 is 0 Å². The first-order chi connectivity index (χ1) is 14.7. The number of methoxy groups -OCH3 is 2.